The fraction of sp³-hybridized carbons (Fsp3) is 0.571. The summed E-state index contributed by atoms with van der Waals surface area (Å²) in [7, 11) is 0. The SMILES string of the molecule is CSc1ccc(OC2CCCCCC2O)cc1. The molecule has 1 aliphatic carbocycles. The van der Waals surface area contributed by atoms with Crippen LogP contribution in [-0.4, -0.2) is 23.6 Å². The molecule has 0 heterocycles. The number of hydrogen-bond acceptors (Lipinski definition) is 3. The molecule has 0 amide bonds. The van der Waals surface area contributed by atoms with Crippen molar-refractivity contribution < 1.29 is 9.84 Å². The Morgan fingerprint density at radius 2 is 1.82 bits per heavy atom. The number of hydrogen-bond donors (Lipinski definition) is 1. The maximum absolute atomic E-state index is 9.98. The zero-order valence-corrected chi connectivity index (χ0v) is 11.1. The molecule has 0 spiro atoms. The summed E-state index contributed by atoms with van der Waals surface area (Å²) in [6, 6.07) is 8.10. The Hall–Kier alpha value is -0.670. The first-order valence-electron chi connectivity index (χ1n) is 6.28. The predicted molar refractivity (Wildman–Crippen MR) is 71.7 cm³/mol. The minimum atomic E-state index is -0.308. The van der Waals surface area contributed by atoms with Crippen molar-refractivity contribution in [2.45, 2.75) is 49.2 Å². The standard InChI is InChI=1S/C14H20O2S/c1-17-12-9-7-11(8-10-12)16-14-6-4-2-3-5-13(14)15/h7-10,13-15H,2-6H2,1H3. The van der Waals surface area contributed by atoms with Crippen molar-refractivity contribution in [2.75, 3.05) is 6.26 Å². The molecule has 1 fully saturated rings. The maximum Gasteiger partial charge on any atom is 0.124 e. The van der Waals surface area contributed by atoms with Gasteiger partial charge in [0.1, 0.15) is 11.9 Å². The molecule has 3 heteroatoms. The molecule has 1 aliphatic rings. The molecule has 1 aromatic rings. The molecule has 0 bridgehead atoms. The Bertz CT molecular complexity index is 337. The lowest BCUT2D eigenvalue weighted by Crippen LogP contribution is -2.30. The van der Waals surface area contributed by atoms with Crippen LogP contribution in [0.25, 0.3) is 0 Å². The third-order valence-electron chi connectivity index (χ3n) is 3.26. The lowest BCUT2D eigenvalue weighted by molar-refractivity contribution is 0.0319. The zero-order valence-electron chi connectivity index (χ0n) is 10.3. The smallest absolute Gasteiger partial charge is 0.124 e. The van der Waals surface area contributed by atoms with Gasteiger partial charge in [0.15, 0.2) is 0 Å². The lowest BCUT2D eigenvalue weighted by Gasteiger charge is -2.22. The van der Waals surface area contributed by atoms with Crippen LogP contribution in [0, 0.1) is 0 Å². The molecule has 1 aromatic carbocycles. The van der Waals surface area contributed by atoms with E-state index in [-0.39, 0.29) is 12.2 Å². The molecule has 1 saturated carbocycles. The average Bonchev–Trinajstić information content (AvgIpc) is 2.56. The van der Waals surface area contributed by atoms with Crippen molar-refractivity contribution in [3.8, 4) is 5.75 Å². The number of aliphatic hydroxyl groups excluding tert-OH is 1. The molecular weight excluding hydrogens is 232 g/mol. The highest BCUT2D eigenvalue weighted by Gasteiger charge is 2.23. The molecule has 0 saturated heterocycles. The first-order chi connectivity index (χ1) is 8.29. The number of benzene rings is 1. The predicted octanol–water partition coefficient (Wildman–Crippen LogP) is 3.48. The van der Waals surface area contributed by atoms with Crippen molar-refractivity contribution in [1.29, 1.82) is 0 Å². The largest absolute Gasteiger partial charge is 0.488 e. The summed E-state index contributed by atoms with van der Waals surface area (Å²) in [6.07, 6.45) is 7.04. The van der Waals surface area contributed by atoms with Crippen LogP contribution in [0.3, 0.4) is 0 Å². The average molecular weight is 252 g/mol. The van der Waals surface area contributed by atoms with Crippen LogP contribution in [0.1, 0.15) is 32.1 Å². The van der Waals surface area contributed by atoms with Gasteiger partial charge < -0.3 is 9.84 Å². The second-order valence-electron chi connectivity index (χ2n) is 4.54. The molecule has 0 radical (unpaired) electrons. The van der Waals surface area contributed by atoms with E-state index in [1.54, 1.807) is 11.8 Å². The van der Waals surface area contributed by atoms with Crippen LogP contribution < -0.4 is 4.74 Å². The first kappa shape index (κ1) is 12.8. The van der Waals surface area contributed by atoms with E-state index in [2.05, 4.69) is 18.4 Å². The maximum atomic E-state index is 9.98. The molecule has 2 unspecified atom stereocenters. The van der Waals surface area contributed by atoms with Gasteiger partial charge in [-0.05, 0) is 49.8 Å². The van der Waals surface area contributed by atoms with Gasteiger partial charge in [-0.1, -0.05) is 12.8 Å². The quantitative estimate of drug-likeness (QED) is 0.659. The zero-order chi connectivity index (χ0) is 12.1. The number of ether oxygens (including phenoxy) is 1. The van der Waals surface area contributed by atoms with Gasteiger partial charge in [-0.15, -0.1) is 11.8 Å². The van der Waals surface area contributed by atoms with Gasteiger partial charge >= 0.3 is 0 Å². The third-order valence-corrected chi connectivity index (χ3v) is 4.01. The Balaban J connectivity index is 1.98. The van der Waals surface area contributed by atoms with E-state index in [9.17, 15) is 5.11 Å². The van der Waals surface area contributed by atoms with Crippen LogP contribution in [0.4, 0.5) is 0 Å². The summed E-state index contributed by atoms with van der Waals surface area (Å²) in [5.41, 5.74) is 0. The highest BCUT2D eigenvalue weighted by Crippen LogP contribution is 2.25. The second kappa shape index (κ2) is 6.31. The van der Waals surface area contributed by atoms with Gasteiger partial charge in [0.2, 0.25) is 0 Å². The Morgan fingerprint density at radius 1 is 1.12 bits per heavy atom. The fourth-order valence-electron chi connectivity index (χ4n) is 2.22. The summed E-state index contributed by atoms with van der Waals surface area (Å²) in [5.74, 6) is 0.869. The van der Waals surface area contributed by atoms with E-state index in [4.69, 9.17) is 4.74 Å². The summed E-state index contributed by atoms with van der Waals surface area (Å²) < 4.78 is 5.89. The number of thioether (sulfide) groups is 1. The molecule has 0 aliphatic heterocycles. The Morgan fingerprint density at radius 3 is 2.53 bits per heavy atom. The van der Waals surface area contributed by atoms with Crippen molar-refractivity contribution in [3.05, 3.63) is 24.3 Å². The summed E-state index contributed by atoms with van der Waals surface area (Å²) in [6.45, 7) is 0. The van der Waals surface area contributed by atoms with Crippen molar-refractivity contribution in [2.24, 2.45) is 0 Å². The van der Waals surface area contributed by atoms with Crippen molar-refractivity contribution in [1.82, 2.24) is 0 Å². The summed E-state index contributed by atoms with van der Waals surface area (Å²) in [5, 5.41) is 9.98. The highest BCUT2D eigenvalue weighted by molar-refractivity contribution is 7.98. The molecule has 0 aromatic heterocycles. The monoisotopic (exact) mass is 252 g/mol. The minimum absolute atomic E-state index is 0.0300. The fourth-order valence-corrected chi connectivity index (χ4v) is 2.63. The normalized spacial score (nSPS) is 25.3. The molecule has 2 nitrogen and oxygen atoms in total. The van der Waals surface area contributed by atoms with Crippen molar-refractivity contribution >= 4 is 11.8 Å². The Kier molecular flexibility index (Phi) is 4.75. The molecule has 17 heavy (non-hydrogen) atoms. The third kappa shape index (κ3) is 3.65. The Labute approximate surface area is 107 Å². The van der Waals surface area contributed by atoms with E-state index >= 15 is 0 Å². The van der Waals surface area contributed by atoms with E-state index in [0.29, 0.717) is 0 Å². The second-order valence-corrected chi connectivity index (χ2v) is 5.42. The van der Waals surface area contributed by atoms with E-state index in [1.807, 2.05) is 12.1 Å². The molecule has 2 atom stereocenters. The number of aliphatic hydroxyl groups is 1. The topological polar surface area (TPSA) is 29.5 Å². The van der Waals surface area contributed by atoms with Crippen LogP contribution in [-0.2, 0) is 0 Å². The van der Waals surface area contributed by atoms with Crippen LogP contribution >= 0.6 is 11.8 Å². The first-order valence-corrected chi connectivity index (χ1v) is 7.51. The van der Waals surface area contributed by atoms with Gasteiger partial charge in [-0.25, -0.2) is 0 Å². The molecular formula is C14H20O2S. The van der Waals surface area contributed by atoms with Gasteiger partial charge in [0.25, 0.3) is 0 Å². The van der Waals surface area contributed by atoms with Gasteiger partial charge in [-0.2, -0.15) is 0 Å². The van der Waals surface area contributed by atoms with E-state index < -0.39 is 0 Å². The van der Waals surface area contributed by atoms with Crippen molar-refractivity contribution in [3.63, 3.8) is 0 Å². The van der Waals surface area contributed by atoms with Gasteiger partial charge in [-0.3, -0.25) is 0 Å². The summed E-state index contributed by atoms with van der Waals surface area (Å²) >= 11 is 1.72. The minimum Gasteiger partial charge on any atom is -0.488 e. The van der Waals surface area contributed by atoms with Crippen LogP contribution in [0.5, 0.6) is 5.75 Å². The van der Waals surface area contributed by atoms with Crippen LogP contribution in [0.15, 0.2) is 29.2 Å². The van der Waals surface area contributed by atoms with Gasteiger partial charge in [0, 0.05) is 4.90 Å². The number of rotatable bonds is 3. The van der Waals surface area contributed by atoms with E-state index in [1.165, 1.54) is 11.3 Å². The van der Waals surface area contributed by atoms with Gasteiger partial charge in [0.05, 0.1) is 6.10 Å². The van der Waals surface area contributed by atoms with Crippen LogP contribution in [0.2, 0.25) is 0 Å². The molecule has 1 N–H and O–H groups in total. The lowest BCUT2D eigenvalue weighted by atomic mass is 10.1. The highest BCUT2D eigenvalue weighted by atomic mass is 32.2. The summed E-state index contributed by atoms with van der Waals surface area (Å²) in [4.78, 5) is 1.23. The molecule has 2 rings (SSSR count). The molecule has 94 valence electrons. The van der Waals surface area contributed by atoms with E-state index in [0.717, 1.165) is 31.4 Å².